The van der Waals surface area contributed by atoms with E-state index in [-0.39, 0.29) is 48.0 Å². The minimum atomic E-state index is -5.60. The number of fused-ring (bicyclic) bond motifs is 1. The van der Waals surface area contributed by atoms with Gasteiger partial charge in [0.25, 0.3) is 5.56 Å². The van der Waals surface area contributed by atoms with Gasteiger partial charge in [-0.25, -0.2) is 23.5 Å². The van der Waals surface area contributed by atoms with E-state index in [1.165, 1.54) is 14.1 Å². The lowest BCUT2D eigenvalue weighted by Crippen LogP contribution is -2.36. The second-order valence-electron chi connectivity index (χ2n) is 5.26. The van der Waals surface area contributed by atoms with Crippen LogP contribution < -0.4 is 35.9 Å². The Morgan fingerprint density at radius 3 is 1.94 bits per heavy atom. The molecule has 0 saturated carbocycles. The van der Waals surface area contributed by atoms with E-state index in [1.54, 1.807) is 0 Å². The summed E-state index contributed by atoms with van der Waals surface area (Å²) in [5, 5.41) is 0. The monoisotopic (exact) mass is 532 g/mol. The van der Waals surface area contributed by atoms with Crippen molar-refractivity contribution in [3.05, 3.63) is 26.7 Å². The van der Waals surface area contributed by atoms with Crippen molar-refractivity contribution in [2.75, 3.05) is 6.61 Å². The molecule has 0 amide bonds. The van der Waals surface area contributed by atoms with Gasteiger partial charge in [-0.1, -0.05) is 0 Å². The number of aromatic nitrogens is 4. The minimum Gasteiger partial charge on any atom is -0.344 e. The lowest BCUT2D eigenvalue weighted by atomic mass is 10.4. The number of nitrogens with zero attached hydrogens (tertiary/aromatic N) is 3. The van der Waals surface area contributed by atoms with Gasteiger partial charge in [-0.3, -0.25) is 18.5 Å². The first-order valence-electron chi connectivity index (χ1n) is 7.05. The molecular weight excluding hydrogens is 505 g/mol. The van der Waals surface area contributed by atoms with Crippen LogP contribution in [0.1, 0.15) is 5.82 Å². The second kappa shape index (κ2) is 12.0. The predicted octanol–water partition coefficient (Wildman–Crippen LogP) is -0.506. The summed E-state index contributed by atoms with van der Waals surface area (Å²) in [6.07, 6.45) is -0.227. The Kier molecular flexibility index (Phi) is 13.2. The summed E-state index contributed by atoms with van der Waals surface area (Å²) in [7, 11) is -13.7. The number of hydrogen-bond donors (Lipinski definition) is 9. The first kappa shape index (κ1) is 35.0. The van der Waals surface area contributed by atoms with Crippen molar-refractivity contribution in [1.82, 2.24) is 43.7 Å². The van der Waals surface area contributed by atoms with E-state index in [0.717, 1.165) is 9.13 Å². The highest BCUT2D eigenvalue weighted by Crippen LogP contribution is 2.66. The number of aryl methyl sites for hydroxylation is 1. The molecule has 0 fully saturated rings. The molecule has 0 saturated heterocycles. The molecule has 0 aliphatic rings. The first-order valence-corrected chi connectivity index (χ1v) is 11.6. The molecule has 2 aromatic heterocycles. The Balaban J connectivity index is -0.00000210. The quantitative estimate of drug-likeness (QED) is 0.193. The topological polar surface area (TPSA) is 372 Å². The van der Waals surface area contributed by atoms with Crippen LogP contribution in [-0.2, 0) is 47.4 Å². The molecule has 2 heterocycles. The van der Waals surface area contributed by atoms with Crippen LogP contribution in [0.3, 0.4) is 0 Å². The number of imidazole rings is 1. The smallest absolute Gasteiger partial charge is 0.344 e. The van der Waals surface area contributed by atoms with Gasteiger partial charge in [0.1, 0.15) is 11.3 Å². The van der Waals surface area contributed by atoms with Crippen molar-refractivity contribution >= 4 is 34.6 Å². The van der Waals surface area contributed by atoms with Gasteiger partial charge >= 0.3 is 29.2 Å². The molecule has 0 radical (unpaired) electrons. The molecule has 2 atom stereocenters. The molecule has 32 heavy (non-hydrogen) atoms. The van der Waals surface area contributed by atoms with Gasteiger partial charge in [-0.05, 0) is 0 Å². The first-order chi connectivity index (χ1) is 12.6. The maximum Gasteiger partial charge on any atom is 0.490 e. The van der Waals surface area contributed by atoms with Crippen molar-refractivity contribution in [3.8, 4) is 0 Å². The Bertz CT molecular complexity index is 1170. The molecule has 2 unspecified atom stereocenters. The summed E-state index contributed by atoms with van der Waals surface area (Å²) in [4.78, 5) is 65.7. The molecular formula is C9H27N8O12P3. The number of rotatable bonds is 8. The lowest BCUT2D eigenvalue weighted by molar-refractivity contribution is 0.173. The Hall–Kier alpha value is -1.60. The van der Waals surface area contributed by atoms with Crippen molar-refractivity contribution < 1.29 is 46.4 Å². The third-order valence-electron chi connectivity index (χ3n) is 3.15. The Morgan fingerprint density at radius 1 is 0.906 bits per heavy atom. The van der Waals surface area contributed by atoms with Gasteiger partial charge in [0.05, 0.1) is 6.61 Å². The molecule has 2 rings (SSSR count). The number of H-pyrrole nitrogens is 1. The molecule has 23 heteroatoms. The number of hydrogen-bond acceptors (Lipinski definition) is 13. The van der Waals surface area contributed by atoms with E-state index < -0.39 is 41.3 Å². The lowest BCUT2D eigenvalue weighted by Gasteiger charge is -2.15. The fourth-order valence-electron chi connectivity index (χ4n) is 2.05. The van der Waals surface area contributed by atoms with E-state index in [0.29, 0.717) is 0 Å². The third-order valence-corrected chi connectivity index (χ3v) is 6.99. The zero-order valence-corrected chi connectivity index (χ0v) is 19.7. The second-order valence-corrected chi connectivity index (χ2v) is 9.68. The van der Waals surface area contributed by atoms with E-state index in [9.17, 15) is 28.2 Å². The minimum absolute atomic E-state index is 0. The van der Waals surface area contributed by atoms with Crippen LogP contribution in [-0.4, -0.2) is 45.3 Å². The summed E-state index contributed by atoms with van der Waals surface area (Å²) in [6, 6.07) is 0. The zero-order valence-electron chi connectivity index (χ0n) is 17.0. The molecule has 190 valence electrons. The summed E-state index contributed by atoms with van der Waals surface area (Å²) < 4.78 is 46.8. The van der Waals surface area contributed by atoms with Crippen molar-refractivity contribution in [2.45, 2.75) is 6.42 Å². The van der Waals surface area contributed by atoms with E-state index in [2.05, 4.69) is 23.1 Å². The van der Waals surface area contributed by atoms with E-state index >= 15 is 0 Å². The fourth-order valence-corrected chi connectivity index (χ4v) is 5.07. The molecule has 0 spiro atoms. The van der Waals surface area contributed by atoms with Gasteiger partial charge in [0.15, 0.2) is 5.65 Å². The fraction of sp³-hybridized carbons (Fsp3) is 0.444. The highest BCUT2D eigenvalue weighted by atomic mass is 31.3. The SMILES string of the molecule is Cn1c(=O)c2[nH]c(CCOP(=O)(O)OP(=O)(O)OP(=O)(O)O)nc2n(C)c1=O.N.N.N.N. The Morgan fingerprint density at radius 2 is 1.44 bits per heavy atom. The van der Waals surface area contributed by atoms with E-state index in [4.69, 9.17) is 14.7 Å². The maximum atomic E-state index is 12.0. The van der Waals surface area contributed by atoms with E-state index in [1.807, 2.05) is 0 Å². The normalized spacial score (nSPS) is 14.7. The predicted molar refractivity (Wildman–Crippen MR) is 110 cm³/mol. The number of aromatic amines is 1. The van der Waals surface area contributed by atoms with Crippen LogP contribution >= 0.6 is 23.5 Å². The highest BCUT2D eigenvalue weighted by Gasteiger charge is 2.40. The summed E-state index contributed by atoms with van der Waals surface area (Å²) in [5.74, 6) is 0.0759. The number of phosphoric ester groups is 1. The molecule has 20 nitrogen and oxygen atoms in total. The zero-order chi connectivity index (χ0) is 21.5. The molecule has 0 aromatic carbocycles. The highest BCUT2D eigenvalue weighted by molar-refractivity contribution is 7.66. The standard InChI is InChI=1S/C9H15N4O12P3.4H3N/c1-12-7-6(8(14)13(2)9(12)15)10-5(11-7)3-4-23-27(19,20)25-28(21,22)24-26(16,17)18;;;;/h3-4H2,1-2H3,(H,10,11)(H,19,20)(H,21,22)(H2,16,17,18);4*1H3. The summed E-state index contributed by atoms with van der Waals surface area (Å²) >= 11 is 0. The average molecular weight is 532 g/mol. The molecule has 0 bridgehead atoms. The largest absolute Gasteiger partial charge is 0.490 e. The van der Waals surface area contributed by atoms with Crippen LogP contribution in [0.4, 0.5) is 0 Å². The molecule has 0 aliphatic carbocycles. The van der Waals surface area contributed by atoms with Gasteiger partial charge in [0.2, 0.25) is 0 Å². The third kappa shape index (κ3) is 8.74. The van der Waals surface area contributed by atoms with Crippen molar-refractivity contribution in [2.24, 2.45) is 14.1 Å². The van der Waals surface area contributed by atoms with Crippen LogP contribution in [0, 0.1) is 0 Å². The van der Waals surface area contributed by atoms with Crippen LogP contribution in [0.15, 0.2) is 9.59 Å². The number of phosphoric acid groups is 3. The molecule has 17 N–H and O–H groups in total. The van der Waals surface area contributed by atoms with Crippen LogP contribution in [0.2, 0.25) is 0 Å². The summed E-state index contributed by atoms with van der Waals surface area (Å²) in [6.45, 7) is -0.627. The molecule has 2 aromatic rings. The summed E-state index contributed by atoms with van der Waals surface area (Å²) in [5.41, 5.74) is -1.24. The van der Waals surface area contributed by atoms with Gasteiger partial charge in [-0.15, -0.1) is 0 Å². The average Bonchev–Trinajstić information content (AvgIpc) is 2.91. The van der Waals surface area contributed by atoms with Crippen molar-refractivity contribution in [3.63, 3.8) is 0 Å². The molecule has 0 aliphatic heterocycles. The van der Waals surface area contributed by atoms with Crippen LogP contribution in [0.25, 0.3) is 11.2 Å². The Labute approximate surface area is 179 Å². The van der Waals surface area contributed by atoms with Gasteiger partial charge < -0.3 is 49.2 Å². The number of nitrogens with one attached hydrogen (secondary N) is 1. The van der Waals surface area contributed by atoms with Gasteiger partial charge in [-0.2, -0.15) is 8.62 Å². The van der Waals surface area contributed by atoms with Crippen molar-refractivity contribution in [1.29, 1.82) is 0 Å². The maximum absolute atomic E-state index is 12.0. The van der Waals surface area contributed by atoms with Gasteiger partial charge in [0, 0.05) is 20.5 Å². The van der Waals surface area contributed by atoms with Crippen LogP contribution in [0.5, 0.6) is 0 Å².